The molecular formula is C7H13N3O2. The first kappa shape index (κ1) is 8.99. The van der Waals surface area contributed by atoms with E-state index in [0.717, 1.165) is 0 Å². The van der Waals surface area contributed by atoms with Gasteiger partial charge in [-0.25, -0.2) is 4.63 Å². The fourth-order valence-electron chi connectivity index (χ4n) is 0.814. The van der Waals surface area contributed by atoms with Gasteiger partial charge < -0.3 is 10.1 Å². The summed E-state index contributed by atoms with van der Waals surface area (Å²) in [6, 6.07) is 0. The Morgan fingerprint density at radius 2 is 2.08 bits per heavy atom. The van der Waals surface area contributed by atoms with Crippen LogP contribution in [-0.2, 0) is 5.54 Å². The summed E-state index contributed by atoms with van der Waals surface area (Å²) >= 11 is 0. The molecule has 12 heavy (non-hydrogen) atoms. The molecule has 0 bridgehead atoms. The molecule has 0 radical (unpaired) electrons. The number of hydrogen-bond donors (Lipinski definition) is 1. The van der Waals surface area contributed by atoms with Crippen molar-refractivity contribution in [1.29, 1.82) is 0 Å². The molecule has 0 amide bonds. The maximum Gasteiger partial charge on any atom is 0.280 e. The van der Waals surface area contributed by atoms with Crippen LogP contribution >= 0.6 is 0 Å². The maximum atomic E-state index is 4.97. The predicted molar refractivity (Wildman–Crippen MR) is 42.9 cm³/mol. The van der Waals surface area contributed by atoms with E-state index in [0.29, 0.717) is 11.6 Å². The smallest absolute Gasteiger partial charge is 0.280 e. The van der Waals surface area contributed by atoms with Crippen LogP contribution in [0.2, 0.25) is 0 Å². The molecule has 0 aliphatic heterocycles. The van der Waals surface area contributed by atoms with Crippen LogP contribution < -0.4 is 10.1 Å². The molecular weight excluding hydrogens is 158 g/mol. The van der Waals surface area contributed by atoms with Crippen LogP contribution in [0.1, 0.15) is 19.5 Å². The quantitative estimate of drug-likeness (QED) is 0.719. The number of nitrogens with zero attached hydrogens (tertiary/aromatic N) is 2. The van der Waals surface area contributed by atoms with Crippen LogP contribution in [0.15, 0.2) is 4.63 Å². The fraction of sp³-hybridized carbons (Fsp3) is 0.714. The third kappa shape index (κ3) is 1.40. The molecule has 0 aliphatic rings. The highest BCUT2D eigenvalue weighted by atomic mass is 16.6. The Bertz CT molecular complexity index is 257. The molecule has 68 valence electrons. The minimum Gasteiger partial charge on any atom is -0.477 e. The predicted octanol–water partition coefficient (Wildman–Crippen LogP) is 0.533. The Morgan fingerprint density at radius 1 is 1.42 bits per heavy atom. The van der Waals surface area contributed by atoms with Crippen molar-refractivity contribution in [1.82, 2.24) is 15.6 Å². The summed E-state index contributed by atoms with van der Waals surface area (Å²) in [6.45, 7) is 3.93. The average molecular weight is 171 g/mol. The summed E-state index contributed by atoms with van der Waals surface area (Å²) < 4.78 is 9.53. The van der Waals surface area contributed by atoms with E-state index in [1.165, 1.54) is 7.11 Å². The van der Waals surface area contributed by atoms with Gasteiger partial charge in [0.15, 0.2) is 5.69 Å². The van der Waals surface area contributed by atoms with Crippen molar-refractivity contribution in [2.45, 2.75) is 19.4 Å². The maximum absolute atomic E-state index is 4.97. The van der Waals surface area contributed by atoms with Crippen molar-refractivity contribution < 1.29 is 9.37 Å². The van der Waals surface area contributed by atoms with Gasteiger partial charge in [0, 0.05) is 0 Å². The lowest BCUT2D eigenvalue weighted by atomic mass is 10.0. The van der Waals surface area contributed by atoms with Gasteiger partial charge in [-0.05, 0) is 31.2 Å². The van der Waals surface area contributed by atoms with Crippen LogP contribution in [0.3, 0.4) is 0 Å². The zero-order chi connectivity index (χ0) is 9.19. The highest BCUT2D eigenvalue weighted by molar-refractivity contribution is 5.22. The number of nitrogens with one attached hydrogen (secondary N) is 1. The lowest BCUT2D eigenvalue weighted by molar-refractivity contribution is 0.277. The van der Waals surface area contributed by atoms with Crippen molar-refractivity contribution in [3.8, 4) is 5.88 Å². The van der Waals surface area contributed by atoms with E-state index < -0.39 is 0 Å². The van der Waals surface area contributed by atoms with Gasteiger partial charge in [-0.1, -0.05) is 0 Å². The van der Waals surface area contributed by atoms with Crippen molar-refractivity contribution in [2.75, 3.05) is 14.2 Å². The standard InChI is InChI=1S/C7H13N3O2/c1-7(2,8-3)5-6(11-4)10-12-9-5/h8H,1-4H3. The Hall–Kier alpha value is -1.10. The van der Waals surface area contributed by atoms with Gasteiger partial charge in [-0.2, -0.15) is 0 Å². The van der Waals surface area contributed by atoms with Crippen LogP contribution in [0.25, 0.3) is 0 Å². The first-order valence-corrected chi connectivity index (χ1v) is 3.67. The van der Waals surface area contributed by atoms with Crippen molar-refractivity contribution in [2.24, 2.45) is 0 Å². The van der Waals surface area contributed by atoms with E-state index in [-0.39, 0.29) is 5.54 Å². The normalized spacial score (nSPS) is 11.7. The van der Waals surface area contributed by atoms with Crippen molar-refractivity contribution in [3.63, 3.8) is 0 Å². The Kier molecular flexibility index (Phi) is 2.32. The van der Waals surface area contributed by atoms with E-state index in [1.54, 1.807) is 0 Å². The Labute approximate surface area is 71.1 Å². The zero-order valence-electron chi connectivity index (χ0n) is 7.71. The van der Waals surface area contributed by atoms with E-state index in [4.69, 9.17) is 4.74 Å². The monoisotopic (exact) mass is 171 g/mol. The van der Waals surface area contributed by atoms with Gasteiger partial charge in [-0.3, -0.25) is 0 Å². The second-order valence-electron chi connectivity index (χ2n) is 3.00. The molecule has 0 fully saturated rings. The molecule has 5 nitrogen and oxygen atoms in total. The van der Waals surface area contributed by atoms with E-state index in [2.05, 4.69) is 20.3 Å². The Morgan fingerprint density at radius 3 is 2.58 bits per heavy atom. The lowest BCUT2D eigenvalue weighted by Crippen LogP contribution is -2.33. The summed E-state index contributed by atoms with van der Waals surface area (Å²) in [4.78, 5) is 0. The van der Waals surface area contributed by atoms with Gasteiger partial charge in [0.25, 0.3) is 5.88 Å². The minimum atomic E-state index is -0.286. The minimum absolute atomic E-state index is 0.286. The average Bonchev–Trinajstić information content (AvgIpc) is 2.52. The highest BCUT2D eigenvalue weighted by Gasteiger charge is 2.27. The zero-order valence-corrected chi connectivity index (χ0v) is 7.71. The summed E-state index contributed by atoms with van der Waals surface area (Å²) in [6.07, 6.45) is 0. The molecule has 0 atom stereocenters. The lowest BCUT2D eigenvalue weighted by Gasteiger charge is -2.20. The topological polar surface area (TPSA) is 60.2 Å². The van der Waals surface area contributed by atoms with Crippen molar-refractivity contribution >= 4 is 0 Å². The molecule has 0 spiro atoms. The van der Waals surface area contributed by atoms with E-state index in [9.17, 15) is 0 Å². The van der Waals surface area contributed by atoms with E-state index in [1.807, 2.05) is 20.9 Å². The van der Waals surface area contributed by atoms with Crippen LogP contribution in [0.5, 0.6) is 5.88 Å². The van der Waals surface area contributed by atoms with Gasteiger partial charge >= 0.3 is 0 Å². The van der Waals surface area contributed by atoms with Crippen LogP contribution in [-0.4, -0.2) is 24.5 Å². The highest BCUT2D eigenvalue weighted by Crippen LogP contribution is 2.24. The molecule has 1 N–H and O–H groups in total. The fourth-order valence-corrected chi connectivity index (χ4v) is 0.814. The summed E-state index contributed by atoms with van der Waals surface area (Å²) in [5.41, 5.74) is 0.387. The number of aromatic nitrogens is 2. The van der Waals surface area contributed by atoms with Crippen molar-refractivity contribution in [3.05, 3.63) is 5.69 Å². The summed E-state index contributed by atoms with van der Waals surface area (Å²) in [7, 11) is 3.38. The molecule has 0 saturated carbocycles. The molecule has 0 saturated heterocycles. The molecule has 0 aromatic carbocycles. The SMILES string of the molecule is CNC(C)(C)c1nonc1OC. The first-order chi connectivity index (χ1) is 5.61. The van der Waals surface area contributed by atoms with Crippen LogP contribution in [0.4, 0.5) is 0 Å². The third-order valence-corrected chi connectivity index (χ3v) is 1.87. The first-order valence-electron chi connectivity index (χ1n) is 3.67. The van der Waals surface area contributed by atoms with E-state index >= 15 is 0 Å². The third-order valence-electron chi connectivity index (χ3n) is 1.87. The van der Waals surface area contributed by atoms with Crippen LogP contribution in [0, 0.1) is 0 Å². The molecule has 5 heteroatoms. The number of ether oxygens (including phenoxy) is 1. The summed E-state index contributed by atoms with van der Waals surface area (Å²) in [5, 5.41) is 10.4. The molecule has 1 aromatic heterocycles. The van der Waals surface area contributed by atoms with Gasteiger partial charge in [0.2, 0.25) is 0 Å². The molecule has 1 rings (SSSR count). The largest absolute Gasteiger partial charge is 0.477 e. The molecule has 0 unspecified atom stereocenters. The molecule has 0 aliphatic carbocycles. The number of hydrogen-bond acceptors (Lipinski definition) is 5. The second kappa shape index (κ2) is 3.10. The molecule has 1 heterocycles. The summed E-state index contributed by atoms with van der Waals surface area (Å²) in [5.74, 6) is 0.425. The van der Waals surface area contributed by atoms with Gasteiger partial charge in [0.1, 0.15) is 0 Å². The van der Waals surface area contributed by atoms with Gasteiger partial charge in [-0.15, -0.1) is 0 Å². The number of rotatable bonds is 3. The molecule has 1 aromatic rings. The van der Waals surface area contributed by atoms with Gasteiger partial charge in [0.05, 0.1) is 12.6 Å². The Balaban J connectivity index is 3.00. The number of methoxy groups -OCH3 is 1. The second-order valence-corrected chi connectivity index (χ2v) is 3.00.